The van der Waals surface area contributed by atoms with Gasteiger partial charge < -0.3 is 5.32 Å². The van der Waals surface area contributed by atoms with Gasteiger partial charge in [0.15, 0.2) is 0 Å². The monoisotopic (exact) mass is 275 g/mol. The van der Waals surface area contributed by atoms with Crippen molar-refractivity contribution in [2.24, 2.45) is 5.92 Å². The van der Waals surface area contributed by atoms with E-state index >= 15 is 0 Å². The van der Waals surface area contributed by atoms with Crippen LogP contribution in [0.25, 0.3) is 0 Å². The summed E-state index contributed by atoms with van der Waals surface area (Å²) in [5.74, 6) is 0.741. The maximum atomic E-state index is 3.50. The molecule has 0 aliphatic heterocycles. The summed E-state index contributed by atoms with van der Waals surface area (Å²) in [5, 5.41) is 3.34. The second-order valence-corrected chi connectivity index (χ2v) is 6.20. The van der Waals surface area contributed by atoms with E-state index in [1.807, 2.05) is 18.4 Å². The Morgan fingerprint density at radius 1 is 1.50 bits per heavy atom. The number of rotatable bonds is 5. The van der Waals surface area contributed by atoms with Crippen LogP contribution in [-0.2, 0) is 6.42 Å². The zero-order valence-corrected chi connectivity index (χ0v) is 11.4. The molecule has 2 unspecified atom stereocenters. The van der Waals surface area contributed by atoms with E-state index < -0.39 is 0 Å². The highest BCUT2D eigenvalue weighted by molar-refractivity contribution is 9.11. The van der Waals surface area contributed by atoms with Crippen LogP contribution in [0, 0.1) is 5.92 Å². The van der Waals surface area contributed by atoms with E-state index in [1.165, 1.54) is 21.5 Å². The third-order valence-corrected chi connectivity index (χ3v) is 4.43. The number of hydrogen-bond acceptors (Lipinski definition) is 2. The van der Waals surface area contributed by atoms with Crippen LogP contribution < -0.4 is 5.32 Å². The van der Waals surface area contributed by atoms with Crippen LogP contribution in [0.15, 0.2) is 15.9 Å². The average Bonchev–Trinajstić information content (AvgIpc) is 2.59. The summed E-state index contributed by atoms with van der Waals surface area (Å²) in [5.41, 5.74) is 0. The molecule has 14 heavy (non-hydrogen) atoms. The van der Waals surface area contributed by atoms with Crippen molar-refractivity contribution in [3.05, 3.63) is 20.8 Å². The highest BCUT2D eigenvalue weighted by Gasteiger charge is 2.14. The maximum Gasteiger partial charge on any atom is 0.0701 e. The third kappa shape index (κ3) is 3.37. The van der Waals surface area contributed by atoms with Crippen molar-refractivity contribution in [3.63, 3.8) is 0 Å². The van der Waals surface area contributed by atoms with E-state index in [0.29, 0.717) is 6.04 Å². The van der Waals surface area contributed by atoms with Crippen LogP contribution in [-0.4, -0.2) is 13.1 Å². The average molecular weight is 276 g/mol. The Kier molecular flexibility index (Phi) is 5.13. The fraction of sp³-hybridized carbons (Fsp3) is 0.636. The van der Waals surface area contributed by atoms with Gasteiger partial charge in [0, 0.05) is 10.9 Å². The van der Waals surface area contributed by atoms with Gasteiger partial charge in [0.05, 0.1) is 3.79 Å². The smallest absolute Gasteiger partial charge is 0.0701 e. The first-order valence-corrected chi connectivity index (χ1v) is 6.69. The summed E-state index contributed by atoms with van der Waals surface area (Å²) in [6, 6.07) is 4.96. The standard InChI is InChI=1S/C11H18BrNS/c1-4-9(8(2)13-3)7-10-5-6-11(12)14-10/h5-6,8-9,13H,4,7H2,1-3H3. The molecular weight excluding hydrogens is 258 g/mol. The molecule has 80 valence electrons. The Morgan fingerprint density at radius 3 is 2.64 bits per heavy atom. The van der Waals surface area contributed by atoms with Gasteiger partial charge in [0.2, 0.25) is 0 Å². The van der Waals surface area contributed by atoms with Crippen LogP contribution in [0.5, 0.6) is 0 Å². The summed E-state index contributed by atoms with van der Waals surface area (Å²) >= 11 is 5.35. The second kappa shape index (κ2) is 5.89. The molecule has 0 bridgehead atoms. The molecule has 0 amide bonds. The minimum absolute atomic E-state index is 0.598. The zero-order chi connectivity index (χ0) is 10.6. The topological polar surface area (TPSA) is 12.0 Å². The lowest BCUT2D eigenvalue weighted by atomic mass is 9.94. The van der Waals surface area contributed by atoms with Gasteiger partial charge >= 0.3 is 0 Å². The molecule has 0 aliphatic carbocycles. The molecular formula is C11H18BrNS. The summed E-state index contributed by atoms with van der Waals surface area (Å²) in [6.07, 6.45) is 2.42. The fourth-order valence-electron chi connectivity index (χ4n) is 1.63. The molecule has 3 heteroatoms. The quantitative estimate of drug-likeness (QED) is 0.865. The van der Waals surface area contributed by atoms with Crippen molar-refractivity contribution in [1.82, 2.24) is 5.32 Å². The summed E-state index contributed by atoms with van der Waals surface area (Å²) in [6.45, 7) is 4.53. The SMILES string of the molecule is CCC(Cc1ccc(Br)s1)C(C)NC. The highest BCUT2D eigenvalue weighted by atomic mass is 79.9. The van der Waals surface area contributed by atoms with E-state index in [4.69, 9.17) is 0 Å². The molecule has 0 aliphatic rings. The molecule has 1 N–H and O–H groups in total. The molecule has 1 aromatic heterocycles. The second-order valence-electron chi connectivity index (χ2n) is 3.66. The van der Waals surface area contributed by atoms with Gasteiger partial charge in [0.25, 0.3) is 0 Å². The van der Waals surface area contributed by atoms with E-state index in [2.05, 4.69) is 47.2 Å². The van der Waals surface area contributed by atoms with Crippen LogP contribution in [0.2, 0.25) is 0 Å². The third-order valence-electron chi connectivity index (χ3n) is 2.78. The van der Waals surface area contributed by atoms with Gasteiger partial charge in [-0.15, -0.1) is 11.3 Å². The first kappa shape index (κ1) is 12.2. The summed E-state index contributed by atoms with van der Waals surface area (Å²) in [4.78, 5) is 1.48. The molecule has 0 spiro atoms. The number of thiophene rings is 1. The molecule has 0 fully saturated rings. The van der Waals surface area contributed by atoms with Gasteiger partial charge in [-0.1, -0.05) is 13.3 Å². The predicted molar refractivity (Wildman–Crippen MR) is 68.0 cm³/mol. The minimum Gasteiger partial charge on any atom is -0.317 e. The number of hydrogen-bond donors (Lipinski definition) is 1. The van der Waals surface area contributed by atoms with Crippen LogP contribution in [0.1, 0.15) is 25.1 Å². The molecule has 1 heterocycles. The number of halogens is 1. The molecule has 1 nitrogen and oxygen atoms in total. The van der Waals surface area contributed by atoms with Crippen molar-refractivity contribution in [2.45, 2.75) is 32.7 Å². The molecule has 0 saturated heterocycles. The zero-order valence-electron chi connectivity index (χ0n) is 9.01. The molecule has 0 aromatic carbocycles. The Morgan fingerprint density at radius 2 is 2.21 bits per heavy atom. The first-order chi connectivity index (χ1) is 6.67. The van der Waals surface area contributed by atoms with Gasteiger partial charge in [-0.3, -0.25) is 0 Å². The first-order valence-electron chi connectivity index (χ1n) is 5.08. The normalized spacial score (nSPS) is 15.4. The lowest BCUT2D eigenvalue weighted by Gasteiger charge is -2.21. The van der Waals surface area contributed by atoms with E-state index in [1.54, 1.807) is 0 Å². The van der Waals surface area contributed by atoms with Crippen molar-refractivity contribution >= 4 is 27.3 Å². The van der Waals surface area contributed by atoms with Crippen molar-refractivity contribution in [1.29, 1.82) is 0 Å². The Bertz CT molecular complexity index is 272. The lowest BCUT2D eigenvalue weighted by Crippen LogP contribution is -2.31. The summed E-state index contributed by atoms with van der Waals surface area (Å²) < 4.78 is 1.24. The minimum atomic E-state index is 0.598. The lowest BCUT2D eigenvalue weighted by molar-refractivity contribution is 0.383. The van der Waals surface area contributed by atoms with Crippen molar-refractivity contribution < 1.29 is 0 Å². The Balaban J connectivity index is 2.56. The van der Waals surface area contributed by atoms with Gasteiger partial charge in [-0.05, 0) is 54.4 Å². The molecule has 1 rings (SSSR count). The molecule has 0 radical (unpaired) electrons. The van der Waals surface area contributed by atoms with Crippen molar-refractivity contribution in [3.8, 4) is 0 Å². The summed E-state index contributed by atoms with van der Waals surface area (Å²) in [7, 11) is 2.04. The van der Waals surface area contributed by atoms with E-state index in [0.717, 1.165) is 5.92 Å². The highest BCUT2D eigenvalue weighted by Crippen LogP contribution is 2.26. The predicted octanol–water partition coefficient (Wildman–Crippen LogP) is 3.69. The largest absolute Gasteiger partial charge is 0.317 e. The van der Waals surface area contributed by atoms with Gasteiger partial charge in [-0.2, -0.15) is 0 Å². The Hall–Kier alpha value is 0.140. The van der Waals surface area contributed by atoms with E-state index in [9.17, 15) is 0 Å². The van der Waals surface area contributed by atoms with Crippen molar-refractivity contribution in [2.75, 3.05) is 7.05 Å². The molecule has 2 atom stereocenters. The van der Waals surface area contributed by atoms with Crippen LogP contribution in [0.4, 0.5) is 0 Å². The number of nitrogens with one attached hydrogen (secondary N) is 1. The maximum absolute atomic E-state index is 3.50. The van der Waals surface area contributed by atoms with Gasteiger partial charge in [-0.25, -0.2) is 0 Å². The van der Waals surface area contributed by atoms with Gasteiger partial charge in [0.1, 0.15) is 0 Å². The van der Waals surface area contributed by atoms with E-state index in [-0.39, 0.29) is 0 Å². The molecule has 0 saturated carbocycles. The molecule has 1 aromatic rings. The fourth-order valence-corrected chi connectivity index (χ4v) is 3.21. The van der Waals surface area contributed by atoms with Crippen LogP contribution in [0.3, 0.4) is 0 Å². The Labute approximate surface area is 99.0 Å². The van der Waals surface area contributed by atoms with Crippen LogP contribution >= 0.6 is 27.3 Å².